The molecular weight excluding hydrogens is 386 g/mol. The third-order valence-corrected chi connectivity index (χ3v) is 6.09. The number of unbranched alkanes of at least 4 members (excludes halogenated alkanes) is 3. The van der Waals surface area contributed by atoms with Crippen LogP contribution in [0.25, 0.3) is 10.4 Å². The van der Waals surface area contributed by atoms with Crippen LogP contribution in [0.15, 0.2) is 23.1 Å². The lowest BCUT2D eigenvalue weighted by molar-refractivity contribution is -0.116. The number of amides is 1. The number of hydrogen-bond acceptors (Lipinski definition) is 6. The molecule has 9 heteroatoms. The van der Waals surface area contributed by atoms with Gasteiger partial charge in [0.2, 0.25) is 15.9 Å². The Bertz CT molecular complexity index is 907. The number of anilines is 1. The van der Waals surface area contributed by atoms with E-state index in [2.05, 4.69) is 17.2 Å². The van der Waals surface area contributed by atoms with Gasteiger partial charge in [0.1, 0.15) is 10.6 Å². The molecule has 0 atom stereocenters. The van der Waals surface area contributed by atoms with Crippen LogP contribution in [-0.4, -0.2) is 26.4 Å². The Morgan fingerprint density at radius 1 is 1.30 bits per heavy atom. The van der Waals surface area contributed by atoms with Gasteiger partial charge in [0.15, 0.2) is 5.13 Å². The first-order chi connectivity index (χ1) is 12.8. The molecule has 27 heavy (non-hydrogen) atoms. The van der Waals surface area contributed by atoms with Crippen molar-refractivity contribution in [3.63, 3.8) is 0 Å². The SMILES string of the molecule is CCCCCCC(=O)Nc1nc(C)c(-c2ccc(OC)c(S(N)(=O)=O)c2)s1. The fraction of sp³-hybridized carbons (Fsp3) is 0.444. The molecule has 1 heterocycles. The number of nitrogens with zero attached hydrogens (tertiary/aromatic N) is 1. The van der Waals surface area contributed by atoms with Gasteiger partial charge in [0.05, 0.1) is 17.7 Å². The van der Waals surface area contributed by atoms with Gasteiger partial charge >= 0.3 is 0 Å². The average Bonchev–Trinajstić information content (AvgIpc) is 2.97. The molecule has 0 bridgehead atoms. The van der Waals surface area contributed by atoms with Gasteiger partial charge in [-0.3, -0.25) is 4.79 Å². The number of thiazole rings is 1. The van der Waals surface area contributed by atoms with Gasteiger partial charge in [-0.25, -0.2) is 18.5 Å². The summed E-state index contributed by atoms with van der Waals surface area (Å²) in [5, 5.41) is 8.59. The topological polar surface area (TPSA) is 111 Å². The van der Waals surface area contributed by atoms with Gasteiger partial charge in [-0.2, -0.15) is 0 Å². The van der Waals surface area contributed by atoms with E-state index in [4.69, 9.17) is 9.88 Å². The molecule has 0 spiro atoms. The van der Waals surface area contributed by atoms with E-state index >= 15 is 0 Å². The highest BCUT2D eigenvalue weighted by Gasteiger charge is 2.19. The van der Waals surface area contributed by atoms with Crippen molar-refractivity contribution in [1.29, 1.82) is 0 Å². The number of benzene rings is 1. The van der Waals surface area contributed by atoms with E-state index in [9.17, 15) is 13.2 Å². The van der Waals surface area contributed by atoms with Gasteiger partial charge in [-0.1, -0.05) is 37.5 Å². The highest BCUT2D eigenvalue weighted by Crippen LogP contribution is 2.36. The Morgan fingerprint density at radius 2 is 2.04 bits per heavy atom. The van der Waals surface area contributed by atoms with Crippen molar-refractivity contribution in [2.75, 3.05) is 12.4 Å². The number of ether oxygens (including phenoxy) is 1. The van der Waals surface area contributed by atoms with Crippen LogP contribution in [0.3, 0.4) is 0 Å². The molecule has 2 aromatic rings. The van der Waals surface area contributed by atoms with E-state index < -0.39 is 10.0 Å². The van der Waals surface area contributed by atoms with Crippen molar-refractivity contribution < 1.29 is 17.9 Å². The van der Waals surface area contributed by atoms with E-state index in [1.807, 2.05) is 6.92 Å². The monoisotopic (exact) mass is 411 g/mol. The molecule has 0 fully saturated rings. The number of primary sulfonamides is 1. The number of aryl methyl sites for hydroxylation is 1. The molecule has 0 aliphatic rings. The Labute approximate surface area is 164 Å². The maximum atomic E-state index is 12.0. The minimum absolute atomic E-state index is 0.0636. The predicted molar refractivity (Wildman–Crippen MR) is 108 cm³/mol. The molecule has 0 aliphatic carbocycles. The summed E-state index contributed by atoms with van der Waals surface area (Å²) < 4.78 is 28.7. The molecule has 148 valence electrons. The second-order valence-corrected chi connectivity index (χ2v) is 8.73. The van der Waals surface area contributed by atoms with Crippen LogP contribution in [0.5, 0.6) is 5.75 Å². The number of sulfonamides is 1. The van der Waals surface area contributed by atoms with Gasteiger partial charge in [0.25, 0.3) is 0 Å². The highest BCUT2D eigenvalue weighted by molar-refractivity contribution is 7.89. The molecule has 1 aromatic heterocycles. The molecule has 1 aromatic carbocycles. The number of aromatic nitrogens is 1. The molecule has 2 rings (SSSR count). The standard InChI is InChI=1S/C18H25N3O4S2/c1-4-5-6-7-8-16(22)21-18-20-12(2)17(26-18)13-9-10-14(25-3)15(11-13)27(19,23)24/h9-11H,4-8H2,1-3H3,(H2,19,23,24)(H,20,21,22). The first kappa shape index (κ1) is 21.3. The summed E-state index contributed by atoms with van der Waals surface area (Å²) in [7, 11) is -2.54. The first-order valence-electron chi connectivity index (χ1n) is 8.74. The number of hydrogen-bond donors (Lipinski definition) is 2. The first-order valence-corrected chi connectivity index (χ1v) is 11.1. The van der Waals surface area contributed by atoms with Crippen molar-refractivity contribution in [2.24, 2.45) is 5.14 Å². The van der Waals surface area contributed by atoms with E-state index in [0.29, 0.717) is 22.8 Å². The van der Waals surface area contributed by atoms with Crippen molar-refractivity contribution in [2.45, 2.75) is 50.8 Å². The maximum absolute atomic E-state index is 12.0. The van der Waals surface area contributed by atoms with E-state index in [1.54, 1.807) is 12.1 Å². The number of nitrogens with two attached hydrogens (primary N) is 1. The maximum Gasteiger partial charge on any atom is 0.241 e. The molecule has 0 radical (unpaired) electrons. The summed E-state index contributed by atoms with van der Waals surface area (Å²) in [5.41, 5.74) is 1.35. The van der Waals surface area contributed by atoms with Gasteiger partial charge in [-0.15, -0.1) is 0 Å². The second kappa shape index (κ2) is 9.29. The molecular formula is C18H25N3O4S2. The lowest BCUT2D eigenvalue weighted by Gasteiger charge is -2.08. The Morgan fingerprint density at radius 3 is 2.67 bits per heavy atom. The molecule has 0 unspecified atom stereocenters. The normalized spacial score (nSPS) is 11.4. The van der Waals surface area contributed by atoms with Crippen molar-refractivity contribution in [3.8, 4) is 16.2 Å². The number of methoxy groups -OCH3 is 1. The summed E-state index contributed by atoms with van der Waals surface area (Å²) in [6.45, 7) is 3.93. The van der Waals surface area contributed by atoms with Crippen molar-refractivity contribution >= 4 is 32.4 Å². The number of rotatable bonds is 9. The van der Waals surface area contributed by atoms with Crippen LogP contribution in [0.2, 0.25) is 0 Å². The quantitative estimate of drug-likeness (QED) is 0.611. The highest BCUT2D eigenvalue weighted by atomic mass is 32.2. The number of carbonyl (C=O) groups excluding carboxylic acids is 1. The van der Waals surface area contributed by atoms with Gasteiger partial charge in [0, 0.05) is 6.42 Å². The summed E-state index contributed by atoms with van der Waals surface area (Å²) >= 11 is 1.30. The van der Waals surface area contributed by atoms with Crippen LogP contribution in [0.1, 0.15) is 44.7 Å². The minimum Gasteiger partial charge on any atom is -0.495 e. The van der Waals surface area contributed by atoms with E-state index in [1.165, 1.54) is 24.5 Å². The van der Waals surface area contributed by atoms with Crippen LogP contribution in [0.4, 0.5) is 5.13 Å². The Kier molecular flexibility index (Phi) is 7.34. The molecule has 1 amide bonds. The molecule has 0 aliphatic heterocycles. The Balaban J connectivity index is 2.20. The predicted octanol–water partition coefficient (Wildman–Crippen LogP) is 3.68. The van der Waals surface area contributed by atoms with Crippen LogP contribution < -0.4 is 15.2 Å². The van der Waals surface area contributed by atoms with E-state index in [-0.39, 0.29) is 16.6 Å². The molecule has 0 saturated carbocycles. The van der Waals surface area contributed by atoms with Crippen LogP contribution in [-0.2, 0) is 14.8 Å². The van der Waals surface area contributed by atoms with Crippen LogP contribution >= 0.6 is 11.3 Å². The lowest BCUT2D eigenvalue weighted by atomic mass is 10.1. The summed E-state index contributed by atoms with van der Waals surface area (Å²) in [4.78, 5) is 17.1. The second-order valence-electron chi connectivity index (χ2n) is 6.20. The van der Waals surface area contributed by atoms with Crippen molar-refractivity contribution in [3.05, 3.63) is 23.9 Å². The molecule has 3 N–H and O–H groups in total. The third-order valence-electron chi connectivity index (χ3n) is 4.03. The molecule has 7 nitrogen and oxygen atoms in total. The largest absolute Gasteiger partial charge is 0.495 e. The zero-order valence-electron chi connectivity index (χ0n) is 15.7. The smallest absolute Gasteiger partial charge is 0.241 e. The fourth-order valence-electron chi connectivity index (χ4n) is 2.65. The zero-order chi connectivity index (χ0) is 20.0. The van der Waals surface area contributed by atoms with E-state index in [0.717, 1.165) is 30.6 Å². The van der Waals surface area contributed by atoms with Crippen LogP contribution in [0, 0.1) is 6.92 Å². The van der Waals surface area contributed by atoms with Crippen molar-refractivity contribution in [1.82, 2.24) is 4.98 Å². The summed E-state index contributed by atoms with van der Waals surface area (Å²) in [6.07, 6.45) is 4.60. The Hall–Kier alpha value is -1.97. The summed E-state index contributed by atoms with van der Waals surface area (Å²) in [6, 6.07) is 4.76. The minimum atomic E-state index is -3.93. The number of nitrogens with one attached hydrogen (secondary N) is 1. The zero-order valence-corrected chi connectivity index (χ0v) is 17.4. The van der Waals surface area contributed by atoms with Gasteiger partial charge in [-0.05, 0) is 37.1 Å². The lowest BCUT2D eigenvalue weighted by Crippen LogP contribution is -2.13. The molecule has 0 saturated heterocycles. The third kappa shape index (κ3) is 5.75. The number of carbonyl (C=O) groups is 1. The summed E-state index contributed by atoms with van der Waals surface area (Å²) in [5.74, 6) is 0.121. The van der Waals surface area contributed by atoms with Gasteiger partial charge < -0.3 is 10.1 Å². The average molecular weight is 412 g/mol. The fourth-order valence-corrected chi connectivity index (χ4v) is 4.35.